The summed E-state index contributed by atoms with van der Waals surface area (Å²) in [4.78, 5) is 38.4. The molecule has 5 aliphatic carbocycles. The molecule has 1 aliphatic heterocycles. The first-order valence-electron chi connectivity index (χ1n) is 9.88. The van der Waals surface area contributed by atoms with Gasteiger partial charge in [0.05, 0.1) is 17.8 Å². The molecule has 3 amide bonds. The summed E-state index contributed by atoms with van der Waals surface area (Å²) in [6, 6.07) is 0. The lowest BCUT2D eigenvalue weighted by Gasteiger charge is -2.37. The molecule has 6 atom stereocenters. The van der Waals surface area contributed by atoms with E-state index in [0.29, 0.717) is 11.8 Å². The fraction of sp³-hybridized carbons (Fsp3) is 0.636. The quantitative estimate of drug-likeness (QED) is 0.601. The first-order chi connectivity index (χ1) is 12.2. The minimum Gasteiger partial charge on any atom is -0.273 e. The van der Waals surface area contributed by atoms with E-state index in [-0.39, 0.29) is 56.2 Å². The van der Waals surface area contributed by atoms with Crippen molar-refractivity contribution in [3.63, 3.8) is 0 Å². The molecule has 0 aromatic carbocycles. The molecule has 1 saturated heterocycles. The van der Waals surface area contributed by atoms with Crippen molar-refractivity contribution >= 4 is 17.7 Å². The lowest BCUT2D eigenvalue weighted by molar-refractivity contribution is -0.149. The van der Waals surface area contributed by atoms with E-state index in [9.17, 15) is 14.4 Å². The van der Waals surface area contributed by atoms with Gasteiger partial charge < -0.3 is 0 Å². The molecular formula is C22H29N2O3. The summed E-state index contributed by atoms with van der Waals surface area (Å²) in [6.45, 7) is 0. The predicted octanol–water partition coefficient (Wildman–Crippen LogP) is 3.04. The molecule has 0 aromatic rings. The van der Waals surface area contributed by atoms with Crippen LogP contribution in [0, 0.1) is 56.3 Å². The molecule has 145 valence electrons. The third-order valence-corrected chi connectivity index (χ3v) is 7.15. The normalized spacial score (nSPS) is 39.5. The van der Waals surface area contributed by atoms with E-state index < -0.39 is 0 Å². The molecule has 27 heavy (non-hydrogen) atoms. The fourth-order valence-corrected chi connectivity index (χ4v) is 5.81. The van der Waals surface area contributed by atoms with Gasteiger partial charge in [0, 0.05) is 0 Å². The molecule has 0 spiro atoms. The number of carbonyl (C=O) groups excluding carboxylic acids is 3. The van der Waals surface area contributed by atoms with Crippen LogP contribution in [0.2, 0.25) is 0 Å². The molecule has 5 heteroatoms. The number of allylic oxidation sites excluding steroid dienone is 2. The van der Waals surface area contributed by atoms with Gasteiger partial charge in [0.2, 0.25) is 5.91 Å². The molecule has 1 N–H and O–H groups in total. The van der Waals surface area contributed by atoms with Crippen LogP contribution in [0.4, 0.5) is 0 Å². The number of hydrogen-bond acceptors (Lipinski definition) is 3. The Kier molecular flexibility index (Phi) is 5.51. The zero-order valence-corrected chi connectivity index (χ0v) is 15.9. The third-order valence-electron chi connectivity index (χ3n) is 7.15. The van der Waals surface area contributed by atoms with Crippen molar-refractivity contribution < 1.29 is 14.4 Å². The van der Waals surface area contributed by atoms with E-state index in [1.807, 2.05) is 0 Å². The highest BCUT2D eigenvalue weighted by Crippen LogP contribution is 2.65. The number of hydrazine groups is 1. The van der Waals surface area contributed by atoms with Crippen LogP contribution in [-0.2, 0) is 14.4 Å². The second kappa shape index (κ2) is 7.40. The van der Waals surface area contributed by atoms with Crippen LogP contribution in [0.1, 0.15) is 51.4 Å². The second-order valence-corrected chi connectivity index (χ2v) is 8.48. The number of nitrogens with one attached hydrogen (secondary N) is 1. The molecule has 0 aromatic heterocycles. The minimum absolute atomic E-state index is 0. The Morgan fingerprint density at radius 1 is 0.852 bits per heavy atom. The van der Waals surface area contributed by atoms with Crippen LogP contribution < -0.4 is 5.43 Å². The molecule has 3 saturated carbocycles. The van der Waals surface area contributed by atoms with Crippen LogP contribution in [0.25, 0.3) is 0 Å². The molecule has 5 radical (unpaired) electrons. The lowest BCUT2D eigenvalue weighted by Crippen LogP contribution is -2.48. The van der Waals surface area contributed by atoms with Gasteiger partial charge in [-0.25, -0.2) is 0 Å². The van der Waals surface area contributed by atoms with Gasteiger partial charge in [0.25, 0.3) is 11.8 Å². The maximum atomic E-state index is 12.9. The SMILES string of the molecule is O=C(NN1C(=O)C2C3C=CC(C4CC34)C2C1=O)[C]1CCCCCCC1.[CH2].[CH2]. The predicted molar refractivity (Wildman–Crippen MR) is 101 cm³/mol. The summed E-state index contributed by atoms with van der Waals surface area (Å²) < 4.78 is 0. The van der Waals surface area contributed by atoms with Gasteiger partial charge in [-0.05, 0) is 42.9 Å². The standard InChI is InChI=1S/C20H25N2O3.2CH2/c23-18(11-6-4-2-1-3-5-7-11)21-22-19(24)16-12-8-9-13(15-10-14(12)15)17(16)20(22)25;;/h8-9,12-17H,1-7,10H2,(H,21,23);2*1H2. The Hall–Kier alpha value is -1.65. The summed E-state index contributed by atoms with van der Waals surface area (Å²) in [5, 5.41) is 1.07. The van der Waals surface area contributed by atoms with Crippen molar-refractivity contribution in [3.05, 3.63) is 32.9 Å². The number of imide groups is 1. The second-order valence-electron chi connectivity index (χ2n) is 8.48. The van der Waals surface area contributed by atoms with Crippen molar-refractivity contribution in [2.75, 3.05) is 0 Å². The van der Waals surface area contributed by atoms with E-state index in [1.54, 1.807) is 0 Å². The summed E-state index contributed by atoms with van der Waals surface area (Å²) in [7, 11) is 0. The van der Waals surface area contributed by atoms with Crippen LogP contribution in [-0.4, -0.2) is 22.7 Å². The first-order valence-corrected chi connectivity index (χ1v) is 9.88. The highest BCUT2D eigenvalue weighted by molar-refractivity contribution is 6.08. The molecule has 5 nitrogen and oxygen atoms in total. The monoisotopic (exact) mass is 369 g/mol. The summed E-state index contributed by atoms with van der Waals surface area (Å²) in [5.74, 6) is 1.36. The Balaban J connectivity index is 0.00000105. The van der Waals surface area contributed by atoms with Crippen LogP contribution in [0.3, 0.4) is 0 Å². The highest BCUT2D eigenvalue weighted by Gasteiger charge is 2.67. The molecule has 4 fully saturated rings. The zero-order chi connectivity index (χ0) is 17.1. The zero-order valence-electron chi connectivity index (χ0n) is 15.9. The smallest absolute Gasteiger partial charge is 0.252 e. The number of amides is 3. The molecule has 1 heterocycles. The van der Waals surface area contributed by atoms with Gasteiger partial charge in [-0.1, -0.05) is 59.1 Å². The highest BCUT2D eigenvalue weighted by atomic mass is 16.2. The molecule has 6 rings (SSSR count). The van der Waals surface area contributed by atoms with Gasteiger partial charge >= 0.3 is 0 Å². The van der Waals surface area contributed by atoms with Crippen molar-refractivity contribution in [2.45, 2.75) is 51.4 Å². The van der Waals surface area contributed by atoms with Gasteiger partial charge in [-0.15, -0.1) is 0 Å². The van der Waals surface area contributed by atoms with Gasteiger partial charge in [-0.2, -0.15) is 5.01 Å². The van der Waals surface area contributed by atoms with E-state index in [4.69, 9.17) is 0 Å². The largest absolute Gasteiger partial charge is 0.273 e. The molecule has 6 aliphatic rings. The fourth-order valence-electron chi connectivity index (χ4n) is 5.81. The van der Waals surface area contributed by atoms with E-state index >= 15 is 0 Å². The van der Waals surface area contributed by atoms with Crippen LogP contribution in [0.15, 0.2) is 12.2 Å². The molecule has 2 bridgehead atoms. The maximum absolute atomic E-state index is 12.9. The summed E-state index contributed by atoms with van der Waals surface area (Å²) >= 11 is 0. The number of nitrogens with zero attached hydrogens (tertiary/aromatic N) is 1. The molecular weight excluding hydrogens is 340 g/mol. The number of rotatable bonds is 2. The Morgan fingerprint density at radius 3 is 1.85 bits per heavy atom. The van der Waals surface area contributed by atoms with Gasteiger partial charge in [0.1, 0.15) is 0 Å². The van der Waals surface area contributed by atoms with Gasteiger partial charge in [-0.3, -0.25) is 19.8 Å². The minimum atomic E-state index is -0.242. The third kappa shape index (κ3) is 3.03. The maximum Gasteiger partial charge on any atom is 0.252 e. The molecule has 6 unspecified atom stereocenters. The van der Waals surface area contributed by atoms with E-state index in [1.165, 1.54) is 6.42 Å². The number of carbonyl (C=O) groups is 3. The van der Waals surface area contributed by atoms with E-state index in [0.717, 1.165) is 55.9 Å². The van der Waals surface area contributed by atoms with Crippen molar-refractivity contribution in [1.82, 2.24) is 10.4 Å². The Labute approximate surface area is 162 Å². The summed E-state index contributed by atoms with van der Waals surface area (Å²) in [6.07, 6.45) is 12.6. The topological polar surface area (TPSA) is 66.5 Å². The number of hydrogen-bond donors (Lipinski definition) is 1. The Bertz CT molecular complexity index is 614. The van der Waals surface area contributed by atoms with E-state index in [2.05, 4.69) is 17.6 Å². The van der Waals surface area contributed by atoms with Crippen LogP contribution >= 0.6 is 0 Å². The van der Waals surface area contributed by atoms with Crippen LogP contribution in [0.5, 0.6) is 0 Å². The average molecular weight is 369 g/mol. The lowest BCUT2D eigenvalue weighted by atomic mass is 9.63. The van der Waals surface area contributed by atoms with Crippen molar-refractivity contribution in [3.8, 4) is 0 Å². The van der Waals surface area contributed by atoms with Crippen molar-refractivity contribution in [2.24, 2.45) is 35.5 Å². The van der Waals surface area contributed by atoms with Gasteiger partial charge in [0.15, 0.2) is 0 Å². The van der Waals surface area contributed by atoms with Crippen molar-refractivity contribution in [1.29, 1.82) is 0 Å². The summed E-state index contributed by atoms with van der Waals surface area (Å²) in [5.41, 5.74) is 2.68. The Morgan fingerprint density at radius 2 is 1.33 bits per heavy atom. The average Bonchev–Trinajstić information content (AvgIpc) is 3.35. The first kappa shape index (κ1) is 20.1.